The molecule has 5 aliphatic rings. The maximum Gasteiger partial charge on any atom is 0.108 e. The second-order valence-corrected chi connectivity index (χ2v) is 13.6. The molecule has 3 nitrogen and oxygen atoms in total. The van der Waals surface area contributed by atoms with E-state index < -0.39 is 0 Å². The fourth-order valence-electron chi connectivity index (χ4n) is 9.40. The van der Waals surface area contributed by atoms with Crippen LogP contribution in [0.5, 0.6) is 0 Å². The average molecular weight is 620 g/mol. The fourth-order valence-corrected chi connectivity index (χ4v) is 9.40. The van der Waals surface area contributed by atoms with Crippen LogP contribution in [0, 0.1) is 5.92 Å². The molecule has 0 aromatic heterocycles. The highest BCUT2D eigenvalue weighted by molar-refractivity contribution is 5.91. The van der Waals surface area contributed by atoms with Crippen molar-refractivity contribution in [2.24, 2.45) is 5.92 Å². The lowest BCUT2D eigenvalue weighted by Crippen LogP contribution is -2.65. The van der Waals surface area contributed by atoms with Gasteiger partial charge in [-0.05, 0) is 62.9 Å². The zero-order valence-corrected chi connectivity index (χ0v) is 26.7. The van der Waals surface area contributed by atoms with E-state index in [4.69, 9.17) is 0 Å². The minimum atomic E-state index is -0.280. The third-order valence-corrected chi connectivity index (χ3v) is 11.3. The van der Waals surface area contributed by atoms with Gasteiger partial charge < -0.3 is 0 Å². The van der Waals surface area contributed by atoms with Crippen LogP contribution in [-0.4, -0.2) is 11.1 Å². The molecule has 0 bridgehead atoms. The number of hydrazine groups is 1. The monoisotopic (exact) mass is 619 g/mol. The summed E-state index contributed by atoms with van der Waals surface area (Å²) >= 11 is 0. The molecule has 10 rings (SSSR count). The van der Waals surface area contributed by atoms with Crippen LogP contribution in [0.4, 0.5) is 5.69 Å². The van der Waals surface area contributed by atoms with Gasteiger partial charge in [0.05, 0.1) is 17.1 Å². The van der Waals surface area contributed by atoms with Gasteiger partial charge in [0.2, 0.25) is 0 Å². The molecule has 2 aliphatic heterocycles. The summed E-state index contributed by atoms with van der Waals surface area (Å²) in [6, 6.07) is 47.4. The number of hydrogen-bond acceptors (Lipinski definition) is 3. The highest BCUT2D eigenvalue weighted by Gasteiger charge is 2.55. The van der Waals surface area contributed by atoms with E-state index in [0.717, 1.165) is 6.42 Å². The topological polar surface area (TPSA) is 18.5 Å². The molecule has 232 valence electrons. The van der Waals surface area contributed by atoms with Gasteiger partial charge in [0.25, 0.3) is 0 Å². The number of nitrogens with one attached hydrogen (secondary N) is 1. The summed E-state index contributed by atoms with van der Waals surface area (Å²) in [5, 5.41) is 9.17. The summed E-state index contributed by atoms with van der Waals surface area (Å²) in [6.07, 6.45) is 19.7. The number of fused-ring (bicyclic) bond motifs is 7. The van der Waals surface area contributed by atoms with Gasteiger partial charge in [-0.3, -0.25) is 10.3 Å². The summed E-state index contributed by atoms with van der Waals surface area (Å²) in [6.45, 7) is 0. The number of anilines is 1. The molecule has 2 heterocycles. The van der Waals surface area contributed by atoms with E-state index in [2.05, 4.69) is 191 Å². The second-order valence-electron chi connectivity index (χ2n) is 13.6. The zero-order valence-electron chi connectivity index (χ0n) is 26.7. The van der Waals surface area contributed by atoms with E-state index in [1.165, 1.54) is 50.2 Å². The first-order valence-corrected chi connectivity index (χ1v) is 17.3. The Labute approximate surface area is 282 Å². The molecule has 0 amide bonds. The fraction of sp³-hybridized carbons (Fsp3) is 0.156. The van der Waals surface area contributed by atoms with Gasteiger partial charge in [0, 0.05) is 5.92 Å². The van der Waals surface area contributed by atoms with Gasteiger partial charge >= 0.3 is 0 Å². The predicted molar refractivity (Wildman–Crippen MR) is 195 cm³/mol. The Balaban J connectivity index is 1.22. The van der Waals surface area contributed by atoms with Crippen molar-refractivity contribution in [3.8, 4) is 11.1 Å². The van der Waals surface area contributed by atoms with Crippen molar-refractivity contribution < 1.29 is 0 Å². The number of allylic oxidation sites excluding steroid dienone is 6. The zero-order chi connectivity index (χ0) is 31.7. The molecular formula is C45H37N3. The molecule has 48 heavy (non-hydrogen) atoms. The van der Waals surface area contributed by atoms with Crippen molar-refractivity contribution in [1.82, 2.24) is 10.3 Å². The molecular weight excluding hydrogens is 583 g/mol. The van der Waals surface area contributed by atoms with Gasteiger partial charge in [-0.2, -0.15) is 5.01 Å². The average Bonchev–Trinajstić information content (AvgIpc) is 3.64. The molecule has 0 radical (unpaired) electrons. The summed E-state index contributed by atoms with van der Waals surface area (Å²) in [4.78, 5) is 0. The molecule has 5 aromatic rings. The van der Waals surface area contributed by atoms with Crippen molar-refractivity contribution >= 4 is 5.69 Å². The Morgan fingerprint density at radius 1 is 0.583 bits per heavy atom. The Hall–Kier alpha value is -5.22. The summed E-state index contributed by atoms with van der Waals surface area (Å²) in [5.41, 5.74) is 12.0. The highest BCUT2D eigenvalue weighted by Crippen LogP contribution is 2.63. The molecule has 3 aliphatic carbocycles. The Morgan fingerprint density at radius 2 is 1.23 bits per heavy atom. The van der Waals surface area contributed by atoms with Crippen LogP contribution < -0.4 is 10.3 Å². The maximum atomic E-state index is 3.94. The minimum Gasteiger partial charge on any atom is -0.294 e. The van der Waals surface area contributed by atoms with Crippen LogP contribution in [0.15, 0.2) is 176 Å². The smallest absolute Gasteiger partial charge is 0.108 e. The van der Waals surface area contributed by atoms with Crippen molar-refractivity contribution in [1.29, 1.82) is 0 Å². The van der Waals surface area contributed by atoms with Gasteiger partial charge in [-0.1, -0.05) is 170 Å². The van der Waals surface area contributed by atoms with Crippen molar-refractivity contribution in [3.05, 3.63) is 209 Å². The van der Waals surface area contributed by atoms with Crippen LogP contribution in [-0.2, 0) is 5.41 Å². The number of nitrogens with zero attached hydrogens (tertiary/aromatic N) is 2. The Kier molecular flexibility index (Phi) is 6.33. The summed E-state index contributed by atoms with van der Waals surface area (Å²) in [5.74, 6) is 0.541. The van der Waals surface area contributed by atoms with Gasteiger partial charge in [-0.25, -0.2) is 0 Å². The van der Waals surface area contributed by atoms with E-state index in [1.807, 2.05) is 0 Å². The molecule has 6 atom stereocenters. The molecule has 0 saturated carbocycles. The normalized spacial score (nSPS) is 27.7. The minimum absolute atomic E-state index is 0.0606. The Morgan fingerprint density at radius 3 is 1.94 bits per heavy atom. The van der Waals surface area contributed by atoms with Crippen LogP contribution in [0.3, 0.4) is 0 Å². The van der Waals surface area contributed by atoms with Gasteiger partial charge in [0.15, 0.2) is 0 Å². The molecule has 1 fully saturated rings. The molecule has 3 heteroatoms. The van der Waals surface area contributed by atoms with E-state index in [1.54, 1.807) is 0 Å². The van der Waals surface area contributed by atoms with Crippen LogP contribution in [0.25, 0.3) is 11.1 Å². The number of hydrogen-bond donors (Lipinski definition) is 1. The van der Waals surface area contributed by atoms with E-state index in [0.29, 0.717) is 5.92 Å². The number of benzene rings is 5. The molecule has 6 unspecified atom stereocenters. The quantitative estimate of drug-likeness (QED) is 0.211. The molecule has 1 N–H and O–H groups in total. The van der Waals surface area contributed by atoms with Crippen molar-refractivity contribution in [2.45, 2.75) is 36.1 Å². The van der Waals surface area contributed by atoms with Gasteiger partial charge in [0.1, 0.15) is 12.3 Å². The SMILES string of the molecule is C1=CCC(C2(c3ccccc3)c3ccccc3-c3c2ccc2c3C3C=CC=CC3N2N2C(c3ccccc3)NC2c2ccccc2)C=C1. The highest BCUT2D eigenvalue weighted by atomic mass is 15.8. The van der Waals surface area contributed by atoms with Crippen LogP contribution >= 0.6 is 0 Å². The van der Waals surface area contributed by atoms with Gasteiger partial charge in [-0.15, -0.1) is 0 Å². The third-order valence-electron chi connectivity index (χ3n) is 11.3. The lowest BCUT2D eigenvalue weighted by molar-refractivity contribution is -0.0471. The summed E-state index contributed by atoms with van der Waals surface area (Å²) in [7, 11) is 0. The third kappa shape index (κ3) is 3.83. The number of rotatable bonds is 5. The first-order chi connectivity index (χ1) is 23.9. The predicted octanol–water partition coefficient (Wildman–Crippen LogP) is 9.75. The first kappa shape index (κ1) is 27.9. The van der Waals surface area contributed by atoms with Crippen LogP contribution in [0.2, 0.25) is 0 Å². The Bertz CT molecular complexity index is 2080. The van der Waals surface area contributed by atoms with Crippen molar-refractivity contribution in [3.63, 3.8) is 0 Å². The van der Waals surface area contributed by atoms with E-state index in [9.17, 15) is 0 Å². The standard InChI is InChI=1S/C45H37N3/c1-5-17-31(18-6-1)43-46-44(32-19-7-2-8-20-32)48(43)47-39-28-16-14-26-36(39)42-40(47)30-29-38-41(42)35-25-13-15-27-37(35)45(38,33-21-9-3-10-22-33)34-23-11-4-12-24-34/h1-23,25-30,34,36,39,43-44,46H,24H2. The second kappa shape index (κ2) is 10.9. The van der Waals surface area contributed by atoms with Crippen molar-refractivity contribution in [2.75, 3.05) is 5.01 Å². The lowest BCUT2D eigenvalue weighted by Gasteiger charge is -2.56. The van der Waals surface area contributed by atoms with E-state index in [-0.39, 0.29) is 29.7 Å². The molecule has 5 aromatic carbocycles. The lowest BCUT2D eigenvalue weighted by atomic mass is 9.62. The molecule has 0 spiro atoms. The molecule has 1 saturated heterocycles. The van der Waals surface area contributed by atoms with E-state index >= 15 is 0 Å². The van der Waals surface area contributed by atoms with Crippen LogP contribution in [0.1, 0.15) is 58.1 Å². The summed E-state index contributed by atoms with van der Waals surface area (Å²) < 4.78 is 0. The first-order valence-electron chi connectivity index (χ1n) is 17.3. The largest absolute Gasteiger partial charge is 0.294 e. The maximum absolute atomic E-state index is 3.94.